The van der Waals surface area contributed by atoms with Gasteiger partial charge in [0.05, 0.1) is 0 Å². The summed E-state index contributed by atoms with van der Waals surface area (Å²) in [5.41, 5.74) is 1.52. The molecule has 2 saturated carbocycles. The summed E-state index contributed by atoms with van der Waals surface area (Å²) in [7, 11) is 0. The molecule has 0 aromatic heterocycles. The Bertz CT molecular complexity index is 337. The second kappa shape index (κ2) is 5.87. The van der Waals surface area contributed by atoms with Gasteiger partial charge in [0, 0.05) is 6.54 Å². The largest absolute Gasteiger partial charge is 0.303 e. The third kappa shape index (κ3) is 3.84. The fourth-order valence-corrected chi connectivity index (χ4v) is 5.54. The van der Waals surface area contributed by atoms with Crippen LogP contribution in [0.25, 0.3) is 0 Å². The summed E-state index contributed by atoms with van der Waals surface area (Å²) in [6.45, 7) is 13.8. The third-order valence-electron chi connectivity index (χ3n) is 6.52. The van der Waals surface area contributed by atoms with E-state index < -0.39 is 0 Å². The monoisotopic (exact) mass is 291 g/mol. The number of rotatable bonds is 6. The molecule has 2 aliphatic carbocycles. The van der Waals surface area contributed by atoms with Crippen molar-refractivity contribution in [2.45, 2.75) is 79.1 Å². The Morgan fingerprint density at radius 1 is 0.905 bits per heavy atom. The van der Waals surface area contributed by atoms with Crippen LogP contribution in [-0.4, -0.2) is 24.5 Å². The highest BCUT2D eigenvalue weighted by molar-refractivity contribution is 5.00. The van der Waals surface area contributed by atoms with E-state index >= 15 is 0 Å². The fraction of sp³-hybridized carbons (Fsp3) is 1.00. The van der Waals surface area contributed by atoms with Gasteiger partial charge >= 0.3 is 0 Å². The van der Waals surface area contributed by atoms with Gasteiger partial charge in [-0.05, 0) is 93.0 Å². The molecule has 3 fully saturated rings. The lowest BCUT2D eigenvalue weighted by molar-refractivity contribution is -0.0250. The lowest BCUT2D eigenvalue weighted by atomic mass is 9.56. The lowest BCUT2D eigenvalue weighted by Crippen LogP contribution is -2.48. The van der Waals surface area contributed by atoms with Crippen molar-refractivity contribution in [2.75, 3.05) is 19.6 Å². The maximum atomic E-state index is 2.82. The molecule has 1 heterocycles. The van der Waals surface area contributed by atoms with Crippen molar-refractivity contribution in [1.29, 1.82) is 0 Å². The average molecular weight is 292 g/mol. The van der Waals surface area contributed by atoms with E-state index in [1.807, 2.05) is 0 Å². The van der Waals surface area contributed by atoms with Crippen molar-refractivity contribution in [3.8, 4) is 0 Å². The van der Waals surface area contributed by atoms with Crippen molar-refractivity contribution in [3.63, 3.8) is 0 Å². The molecule has 1 nitrogen and oxygen atoms in total. The Hall–Kier alpha value is -0.0400. The van der Waals surface area contributed by atoms with Crippen LogP contribution in [0.15, 0.2) is 0 Å². The van der Waals surface area contributed by atoms with E-state index in [1.54, 1.807) is 12.8 Å². The number of likely N-dealkylation sites (tertiary alicyclic amines) is 1. The first kappa shape index (κ1) is 15.8. The molecular weight excluding hydrogens is 254 g/mol. The topological polar surface area (TPSA) is 3.24 Å². The van der Waals surface area contributed by atoms with Gasteiger partial charge in [0.15, 0.2) is 0 Å². The Morgan fingerprint density at radius 2 is 1.52 bits per heavy atom. The Labute approximate surface area is 132 Å². The highest BCUT2D eigenvalue weighted by Gasteiger charge is 2.48. The minimum absolute atomic E-state index is 0.735. The van der Waals surface area contributed by atoms with Gasteiger partial charge in [-0.15, -0.1) is 0 Å². The zero-order valence-corrected chi connectivity index (χ0v) is 15.0. The predicted octanol–water partition coefficient (Wildman–Crippen LogP) is 5.35. The Morgan fingerprint density at radius 3 is 2.00 bits per heavy atom. The third-order valence-corrected chi connectivity index (χ3v) is 6.52. The second-order valence-electron chi connectivity index (χ2n) is 9.78. The molecule has 0 bridgehead atoms. The smallest absolute Gasteiger partial charge is 0.00381 e. The SMILES string of the molecule is CC(C)CC1CC2(CCN(CC3(CC(C)C)CC3)CC2)C1. The molecule has 0 atom stereocenters. The molecular formula is C20H37N. The summed E-state index contributed by atoms with van der Waals surface area (Å²) < 4.78 is 0. The van der Waals surface area contributed by atoms with E-state index in [2.05, 4.69) is 32.6 Å². The van der Waals surface area contributed by atoms with Crippen LogP contribution < -0.4 is 0 Å². The Balaban J connectivity index is 1.40. The standard InChI is InChI=1S/C20H37N/c1-16(2)11-18-13-19(14-18)7-9-21(10-8-19)15-20(5-6-20)12-17(3)4/h16-18H,5-15H2,1-4H3. The Kier molecular flexibility index (Phi) is 4.43. The molecule has 3 rings (SSSR count). The average Bonchev–Trinajstić information content (AvgIpc) is 3.08. The van der Waals surface area contributed by atoms with Gasteiger partial charge in [-0.1, -0.05) is 27.7 Å². The van der Waals surface area contributed by atoms with E-state index in [0.717, 1.165) is 28.6 Å². The predicted molar refractivity (Wildman–Crippen MR) is 91.4 cm³/mol. The molecule has 3 aliphatic rings. The molecule has 0 aromatic rings. The maximum Gasteiger partial charge on any atom is 0.00381 e. The minimum atomic E-state index is 0.735. The van der Waals surface area contributed by atoms with E-state index in [9.17, 15) is 0 Å². The molecule has 122 valence electrons. The van der Waals surface area contributed by atoms with Crippen molar-refractivity contribution in [2.24, 2.45) is 28.6 Å². The van der Waals surface area contributed by atoms with E-state index in [0.29, 0.717) is 0 Å². The number of hydrogen-bond acceptors (Lipinski definition) is 1. The highest BCUT2D eigenvalue weighted by atomic mass is 15.1. The van der Waals surface area contributed by atoms with E-state index in [1.165, 1.54) is 58.2 Å². The van der Waals surface area contributed by atoms with Gasteiger partial charge in [0.1, 0.15) is 0 Å². The molecule has 1 heteroatoms. The molecule has 21 heavy (non-hydrogen) atoms. The molecule has 0 aromatic carbocycles. The van der Waals surface area contributed by atoms with Gasteiger partial charge in [-0.3, -0.25) is 0 Å². The van der Waals surface area contributed by atoms with Crippen LogP contribution in [0.4, 0.5) is 0 Å². The molecule has 0 amide bonds. The number of hydrogen-bond donors (Lipinski definition) is 0. The molecule has 0 N–H and O–H groups in total. The maximum absolute atomic E-state index is 2.82. The minimum Gasteiger partial charge on any atom is -0.303 e. The van der Waals surface area contributed by atoms with Crippen molar-refractivity contribution < 1.29 is 0 Å². The van der Waals surface area contributed by atoms with Crippen LogP contribution in [0.1, 0.15) is 79.1 Å². The first-order valence-corrected chi connectivity index (χ1v) is 9.63. The normalized spacial score (nSPS) is 28.3. The van der Waals surface area contributed by atoms with Gasteiger partial charge in [-0.2, -0.15) is 0 Å². The summed E-state index contributed by atoms with van der Waals surface area (Å²) in [5, 5.41) is 0. The summed E-state index contributed by atoms with van der Waals surface area (Å²) >= 11 is 0. The number of piperidine rings is 1. The van der Waals surface area contributed by atoms with E-state index in [4.69, 9.17) is 0 Å². The summed E-state index contributed by atoms with van der Waals surface area (Å²) in [5.74, 6) is 2.84. The molecule has 1 saturated heterocycles. The zero-order chi connectivity index (χ0) is 15.1. The number of nitrogens with zero attached hydrogens (tertiary/aromatic N) is 1. The van der Waals surface area contributed by atoms with Crippen LogP contribution >= 0.6 is 0 Å². The van der Waals surface area contributed by atoms with Crippen molar-refractivity contribution in [3.05, 3.63) is 0 Å². The van der Waals surface area contributed by atoms with Crippen LogP contribution in [0.2, 0.25) is 0 Å². The molecule has 1 spiro atoms. The quantitative estimate of drug-likeness (QED) is 0.637. The van der Waals surface area contributed by atoms with Crippen molar-refractivity contribution >= 4 is 0 Å². The van der Waals surface area contributed by atoms with Crippen molar-refractivity contribution in [1.82, 2.24) is 4.90 Å². The highest BCUT2D eigenvalue weighted by Crippen LogP contribution is 2.56. The summed E-state index contributed by atoms with van der Waals surface area (Å²) in [4.78, 5) is 2.82. The van der Waals surface area contributed by atoms with Gasteiger partial charge in [0.2, 0.25) is 0 Å². The van der Waals surface area contributed by atoms with Gasteiger partial charge in [-0.25, -0.2) is 0 Å². The zero-order valence-electron chi connectivity index (χ0n) is 15.0. The summed E-state index contributed by atoms with van der Waals surface area (Å²) in [6, 6.07) is 0. The van der Waals surface area contributed by atoms with Crippen LogP contribution in [0.5, 0.6) is 0 Å². The first-order valence-electron chi connectivity index (χ1n) is 9.63. The second-order valence-corrected chi connectivity index (χ2v) is 9.78. The lowest BCUT2D eigenvalue weighted by Gasteiger charge is -2.53. The molecule has 0 radical (unpaired) electrons. The summed E-state index contributed by atoms with van der Waals surface area (Å²) in [6.07, 6.45) is 12.0. The van der Waals surface area contributed by atoms with Gasteiger partial charge < -0.3 is 4.90 Å². The fourth-order valence-electron chi connectivity index (χ4n) is 5.54. The van der Waals surface area contributed by atoms with Gasteiger partial charge in [0.25, 0.3) is 0 Å². The van der Waals surface area contributed by atoms with Crippen LogP contribution in [-0.2, 0) is 0 Å². The van der Waals surface area contributed by atoms with Crippen LogP contribution in [0.3, 0.4) is 0 Å². The first-order chi connectivity index (χ1) is 9.90. The molecule has 1 aliphatic heterocycles. The van der Waals surface area contributed by atoms with E-state index in [-0.39, 0.29) is 0 Å². The van der Waals surface area contributed by atoms with Crippen LogP contribution in [0, 0.1) is 28.6 Å². The molecule has 0 unspecified atom stereocenters.